The molecule has 2 bridgehead atoms. The summed E-state index contributed by atoms with van der Waals surface area (Å²) in [4.78, 5) is 0. The van der Waals surface area contributed by atoms with Gasteiger partial charge in [0.15, 0.2) is 6.71 Å². The van der Waals surface area contributed by atoms with Crippen molar-refractivity contribution in [2.75, 3.05) is 0 Å². The van der Waals surface area contributed by atoms with E-state index in [1.807, 2.05) is 0 Å². The number of hydrogen-bond donors (Lipinski definition) is 0. The quantitative estimate of drug-likeness (QED) is 0.452. The van der Waals surface area contributed by atoms with E-state index in [-0.39, 0.29) is 0 Å². The first kappa shape index (κ1) is 11.3. The third-order valence-electron chi connectivity index (χ3n) is 4.47. The molecule has 0 atom stereocenters. The molecule has 2 rings (SSSR count). The molecule has 2 aliphatic heterocycles. The lowest BCUT2D eigenvalue weighted by molar-refractivity contribution is 0.447. The fourth-order valence-corrected chi connectivity index (χ4v) is 3.62. The van der Waals surface area contributed by atoms with Crippen molar-refractivity contribution in [2.45, 2.75) is 76.3 Å². The maximum atomic E-state index is 2.59. The Morgan fingerprint density at radius 2 is 1.67 bits per heavy atom. The zero-order chi connectivity index (χ0) is 10.5. The molecule has 0 unspecified atom stereocenters. The predicted octanol–water partition coefficient (Wildman–Crippen LogP) is 4.88. The van der Waals surface area contributed by atoms with Crippen LogP contribution in [0.15, 0.2) is 12.1 Å². The van der Waals surface area contributed by atoms with Crippen molar-refractivity contribution in [1.29, 1.82) is 0 Å². The van der Waals surface area contributed by atoms with Crippen LogP contribution in [0, 0.1) is 0 Å². The summed E-state index contributed by atoms with van der Waals surface area (Å²) >= 11 is 0. The predicted molar refractivity (Wildman–Crippen MR) is 69.6 cm³/mol. The van der Waals surface area contributed by atoms with E-state index in [0.717, 1.165) is 18.3 Å². The summed E-state index contributed by atoms with van der Waals surface area (Å²) in [6.07, 6.45) is 15.6. The summed E-state index contributed by atoms with van der Waals surface area (Å²) in [6, 6.07) is 0. The Balaban J connectivity index is 1.86. The van der Waals surface area contributed by atoms with Crippen LogP contribution in [0.4, 0.5) is 0 Å². The summed E-state index contributed by atoms with van der Waals surface area (Å²) < 4.78 is 0. The van der Waals surface area contributed by atoms with E-state index in [1.165, 1.54) is 57.8 Å². The van der Waals surface area contributed by atoms with Gasteiger partial charge in [0.1, 0.15) is 0 Å². The number of hydrogen-bond acceptors (Lipinski definition) is 0. The minimum atomic E-state index is 0.962. The summed E-state index contributed by atoms with van der Waals surface area (Å²) in [5.41, 5.74) is 0. The Bertz CT molecular complexity index is 187. The van der Waals surface area contributed by atoms with Crippen molar-refractivity contribution in [1.82, 2.24) is 0 Å². The van der Waals surface area contributed by atoms with Crippen LogP contribution in [-0.4, -0.2) is 6.71 Å². The minimum Gasteiger partial charge on any atom is -0.118 e. The molecule has 2 fully saturated rings. The molecular formula is C14H25B. The van der Waals surface area contributed by atoms with Gasteiger partial charge in [-0.1, -0.05) is 76.0 Å². The molecule has 84 valence electrons. The molecule has 0 aromatic rings. The second-order valence-corrected chi connectivity index (χ2v) is 5.53. The molecule has 2 saturated heterocycles. The highest BCUT2D eigenvalue weighted by molar-refractivity contribution is 6.67. The number of rotatable bonds is 4. The molecule has 0 amide bonds. The summed E-state index contributed by atoms with van der Waals surface area (Å²) in [5, 5.41) is 0. The van der Waals surface area contributed by atoms with Crippen molar-refractivity contribution < 1.29 is 0 Å². The first-order valence-electron chi connectivity index (χ1n) is 7.08. The van der Waals surface area contributed by atoms with Crippen LogP contribution in [0.2, 0.25) is 11.6 Å². The van der Waals surface area contributed by atoms with Gasteiger partial charge in [-0.2, -0.15) is 0 Å². The van der Waals surface area contributed by atoms with Gasteiger partial charge in [-0.25, -0.2) is 0 Å². The molecule has 0 aliphatic carbocycles. The van der Waals surface area contributed by atoms with E-state index < -0.39 is 0 Å². The largest absolute Gasteiger partial charge is 0.172 e. The van der Waals surface area contributed by atoms with Crippen molar-refractivity contribution in [3.8, 4) is 0 Å². The Morgan fingerprint density at radius 1 is 1.07 bits per heavy atom. The minimum absolute atomic E-state index is 0.962. The van der Waals surface area contributed by atoms with Crippen LogP contribution in [0.5, 0.6) is 0 Å². The van der Waals surface area contributed by atoms with Crippen molar-refractivity contribution >= 4 is 6.71 Å². The first-order chi connectivity index (χ1) is 7.42. The van der Waals surface area contributed by atoms with Gasteiger partial charge < -0.3 is 0 Å². The molecule has 2 heterocycles. The Morgan fingerprint density at radius 3 is 2.20 bits per heavy atom. The molecule has 0 spiro atoms. The van der Waals surface area contributed by atoms with Crippen LogP contribution < -0.4 is 0 Å². The third-order valence-corrected chi connectivity index (χ3v) is 4.47. The van der Waals surface area contributed by atoms with Crippen molar-refractivity contribution in [2.24, 2.45) is 0 Å². The lowest BCUT2D eigenvalue weighted by Gasteiger charge is -2.39. The molecule has 0 saturated carbocycles. The van der Waals surface area contributed by atoms with Crippen LogP contribution in [-0.2, 0) is 0 Å². The standard InChI is InChI=1S/C14H25B/c1-2-3-4-5-12-15-13-8-6-9-14(15)11-7-10-13/h5,12-14H,2-4,6-11H2,1H3/b12-5-. The van der Waals surface area contributed by atoms with E-state index in [9.17, 15) is 0 Å². The van der Waals surface area contributed by atoms with Gasteiger partial charge in [-0.3, -0.25) is 0 Å². The van der Waals surface area contributed by atoms with Gasteiger partial charge in [0.05, 0.1) is 0 Å². The Kier molecular flexibility index (Phi) is 4.35. The molecule has 2 aliphatic rings. The monoisotopic (exact) mass is 204 g/mol. The first-order valence-corrected chi connectivity index (χ1v) is 7.08. The van der Waals surface area contributed by atoms with Crippen LogP contribution in [0.1, 0.15) is 64.7 Å². The average Bonchev–Trinajstić information content (AvgIpc) is 2.24. The average molecular weight is 204 g/mol. The third kappa shape index (κ3) is 2.89. The molecule has 15 heavy (non-hydrogen) atoms. The van der Waals surface area contributed by atoms with Gasteiger partial charge in [0, 0.05) is 0 Å². The van der Waals surface area contributed by atoms with Crippen molar-refractivity contribution in [3.63, 3.8) is 0 Å². The van der Waals surface area contributed by atoms with Gasteiger partial charge >= 0.3 is 0 Å². The highest BCUT2D eigenvalue weighted by Crippen LogP contribution is 2.46. The summed E-state index contributed by atoms with van der Waals surface area (Å²) in [5.74, 6) is 4.69. The van der Waals surface area contributed by atoms with E-state index in [0.29, 0.717) is 0 Å². The molecule has 0 aromatic heterocycles. The van der Waals surface area contributed by atoms with E-state index in [1.54, 1.807) is 0 Å². The highest BCUT2D eigenvalue weighted by atomic mass is 14.2. The fourth-order valence-electron chi connectivity index (χ4n) is 3.62. The van der Waals surface area contributed by atoms with Gasteiger partial charge in [0.2, 0.25) is 0 Å². The molecular weight excluding hydrogens is 179 g/mol. The van der Waals surface area contributed by atoms with Gasteiger partial charge in [-0.05, 0) is 6.42 Å². The van der Waals surface area contributed by atoms with Gasteiger partial charge in [0.25, 0.3) is 0 Å². The Labute approximate surface area is 95.6 Å². The maximum Gasteiger partial charge on any atom is 0.172 e. The number of unbranched alkanes of at least 4 members (excludes halogenated alkanes) is 2. The second kappa shape index (κ2) is 5.77. The van der Waals surface area contributed by atoms with Crippen LogP contribution in [0.3, 0.4) is 0 Å². The molecule has 0 N–H and O–H groups in total. The van der Waals surface area contributed by atoms with E-state index in [4.69, 9.17) is 0 Å². The van der Waals surface area contributed by atoms with Crippen LogP contribution in [0.25, 0.3) is 0 Å². The molecule has 0 nitrogen and oxygen atoms in total. The molecule has 0 radical (unpaired) electrons. The van der Waals surface area contributed by atoms with Crippen LogP contribution >= 0.6 is 0 Å². The zero-order valence-corrected chi connectivity index (χ0v) is 10.3. The topological polar surface area (TPSA) is 0 Å². The lowest BCUT2D eigenvalue weighted by Crippen LogP contribution is -2.32. The normalized spacial score (nSPS) is 31.1. The summed E-state index contributed by atoms with van der Waals surface area (Å²) in [7, 11) is 0. The molecule has 0 aromatic carbocycles. The van der Waals surface area contributed by atoms with E-state index >= 15 is 0 Å². The van der Waals surface area contributed by atoms with E-state index in [2.05, 4.69) is 19.0 Å². The van der Waals surface area contributed by atoms with Gasteiger partial charge in [-0.15, -0.1) is 5.98 Å². The highest BCUT2D eigenvalue weighted by Gasteiger charge is 2.36. The smallest absolute Gasteiger partial charge is 0.118 e. The SMILES string of the molecule is CCCC/C=C\B1C2CCCC1CCC2. The number of fused-ring (bicyclic) bond motifs is 2. The zero-order valence-electron chi connectivity index (χ0n) is 10.3. The lowest BCUT2D eigenvalue weighted by atomic mass is 9.27. The second-order valence-electron chi connectivity index (χ2n) is 5.53. The Hall–Kier alpha value is -0.195. The number of allylic oxidation sites excluding steroid dienone is 1. The summed E-state index contributed by atoms with van der Waals surface area (Å²) in [6.45, 7) is 3.24. The van der Waals surface area contributed by atoms with Crippen molar-refractivity contribution in [3.05, 3.63) is 12.1 Å². The maximum absolute atomic E-state index is 2.59. The molecule has 1 heteroatoms. The fraction of sp³-hybridized carbons (Fsp3) is 0.857.